The molecule has 0 radical (unpaired) electrons. The van der Waals surface area contributed by atoms with Crippen molar-refractivity contribution >= 4 is 17.3 Å². The number of nitrogens with zero attached hydrogens (tertiary/aromatic N) is 4. The Hall–Kier alpha value is -3.00. The minimum atomic E-state index is -1.24. The van der Waals surface area contributed by atoms with E-state index in [1.165, 1.54) is 0 Å². The van der Waals surface area contributed by atoms with Gasteiger partial charge in [0.2, 0.25) is 0 Å². The van der Waals surface area contributed by atoms with E-state index in [4.69, 9.17) is 5.41 Å². The summed E-state index contributed by atoms with van der Waals surface area (Å²) in [5.74, 6) is -0.0370. The highest BCUT2D eigenvalue weighted by Crippen LogP contribution is 2.23. The van der Waals surface area contributed by atoms with E-state index in [1.807, 2.05) is 41.4 Å². The molecule has 8 nitrogen and oxygen atoms in total. The van der Waals surface area contributed by atoms with Crippen molar-refractivity contribution in [3.63, 3.8) is 0 Å². The van der Waals surface area contributed by atoms with Crippen LogP contribution in [0.3, 0.4) is 0 Å². The van der Waals surface area contributed by atoms with Crippen molar-refractivity contribution in [3.8, 4) is 5.69 Å². The van der Waals surface area contributed by atoms with Crippen molar-refractivity contribution in [1.82, 2.24) is 20.1 Å². The van der Waals surface area contributed by atoms with Gasteiger partial charge in [-0.15, -0.1) is 0 Å². The van der Waals surface area contributed by atoms with Gasteiger partial charge >= 0.3 is 0 Å². The maximum atomic E-state index is 13.4. The molecule has 3 rings (SSSR count). The van der Waals surface area contributed by atoms with Crippen molar-refractivity contribution in [1.29, 1.82) is 5.41 Å². The van der Waals surface area contributed by atoms with Crippen molar-refractivity contribution in [2.45, 2.75) is 58.2 Å². The number of aliphatic hydroxyl groups is 1. The lowest BCUT2D eigenvalue weighted by molar-refractivity contribution is 0.0593. The lowest BCUT2D eigenvalue weighted by Crippen LogP contribution is -2.51. The topological polar surface area (TPSA) is 107 Å². The Morgan fingerprint density at radius 2 is 2.03 bits per heavy atom. The maximum Gasteiger partial charge on any atom is 0.256 e. The van der Waals surface area contributed by atoms with Crippen LogP contribution in [0.5, 0.6) is 0 Å². The van der Waals surface area contributed by atoms with Gasteiger partial charge in [0.1, 0.15) is 5.60 Å². The summed E-state index contributed by atoms with van der Waals surface area (Å²) >= 11 is 0. The van der Waals surface area contributed by atoms with Crippen LogP contribution >= 0.6 is 0 Å². The van der Waals surface area contributed by atoms with Gasteiger partial charge in [0.25, 0.3) is 5.91 Å². The van der Waals surface area contributed by atoms with E-state index in [9.17, 15) is 9.90 Å². The van der Waals surface area contributed by atoms with Crippen molar-refractivity contribution < 1.29 is 9.90 Å². The second kappa shape index (κ2) is 8.79. The average Bonchev–Trinajstić information content (AvgIpc) is 3.26. The Labute approximate surface area is 177 Å². The number of hydrogen-bond donors (Lipinski definition) is 3. The third-order valence-corrected chi connectivity index (χ3v) is 5.42. The highest BCUT2D eigenvalue weighted by Gasteiger charge is 2.31. The zero-order chi connectivity index (χ0) is 21.9. The highest BCUT2D eigenvalue weighted by atomic mass is 16.3. The Bertz CT molecular complexity index is 929. The Morgan fingerprint density at radius 3 is 2.70 bits per heavy atom. The van der Waals surface area contributed by atoms with E-state index in [1.54, 1.807) is 31.6 Å². The summed E-state index contributed by atoms with van der Waals surface area (Å²) in [7, 11) is 0. The first-order valence-electron chi connectivity index (χ1n) is 10.2. The highest BCUT2D eigenvalue weighted by molar-refractivity contribution is 6.42. The van der Waals surface area contributed by atoms with Gasteiger partial charge in [-0.3, -0.25) is 4.79 Å². The van der Waals surface area contributed by atoms with Crippen LogP contribution in [0.15, 0.2) is 47.8 Å². The monoisotopic (exact) mass is 410 g/mol. The molecule has 0 saturated carbocycles. The van der Waals surface area contributed by atoms with E-state index in [0.29, 0.717) is 17.8 Å². The Morgan fingerprint density at radius 1 is 1.30 bits per heavy atom. The van der Waals surface area contributed by atoms with Crippen LogP contribution in [0.1, 0.15) is 50.9 Å². The molecule has 0 aliphatic carbocycles. The van der Waals surface area contributed by atoms with Crippen LogP contribution in [-0.4, -0.2) is 61.3 Å². The van der Waals surface area contributed by atoms with Crippen LogP contribution in [0.4, 0.5) is 0 Å². The number of hydrogen-bond acceptors (Lipinski definition) is 6. The summed E-state index contributed by atoms with van der Waals surface area (Å²) in [4.78, 5) is 15.3. The summed E-state index contributed by atoms with van der Waals surface area (Å²) in [5.41, 5.74) is 3.72. The largest absolute Gasteiger partial charge is 0.384 e. The quantitative estimate of drug-likeness (QED) is 0.503. The van der Waals surface area contributed by atoms with Gasteiger partial charge in [-0.05, 0) is 58.7 Å². The molecule has 2 heterocycles. The molecule has 2 aromatic rings. The Kier molecular flexibility index (Phi) is 6.36. The molecule has 1 aliphatic rings. The number of para-hydroxylation sites is 1. The van der Waals surface area contributed by atoms with Crippen LogP contribution < -0.4 is 5.43 Å². The number of hydrazone groups is 1. The summed E-state index contributed by atoms with van der Waals surface area (Å²) in [6.45, 7) is 7.40. The van der Waals surface area contributed by atoms with E-state index < -0.39 is 5.60 Å². The van der Waals surface area contributed by atoms with Crippen molar-refractivity contribution in [2.24, 2.45) is 5.10 Å². The van der Waals surface area contributed by atoms with E-state index in [-0.39, 0.29) is 23.7 Å². The number of nitrogens with one attached hydrogen (secondary N) is 2. The fraction of sp³-hybridized carbons (Fsp3) is 0.455. The molecule has 30 heavy (non-hydrogen) atoms. The third-order valence-electron chi connectivity index (χ3n) is 5.42. The number of likely N-dealkylation sites (tertiary alicyclic amines) is 1. The normalized spacial score (nSPS) is 20.2. The molecular weight excluding hydrogens is 380 g/mol. The predicted molar refractivity (Wildman–Crippen MR) is 117 cm³/mol. The molecule has 0 spiro atoms. The van der Waals surface area contributed by atoms with Crippen LogP contribution in [-0.2, 0) is 0 Å². The van der Waals surface area contributed by atoms with E-state index in [2.05, 4.69) is 22.5 Å². The first-order valence-corrected chi connectivity index (χ1v) is 10.2. The van der Waals surface area contributed by atoms with E-state index in [0.717, 1.165) is 18.5 Å². The predicted octanol–water partition coefficient (Wildman–Crippen LogP) is 2.62. The molecule has 1 saturated heterocycles. The van der Waals surface area contributed by atoms with Crippen LogP contribution in [0, 0.1) is 5.41 Å². The van der Waals surface area contributed by atoms with Crippen molar-refractivity contribution in [2.75, 3.05) is 6.54 Å². The number of amides is 1. The molecule has 1 amide bonds. The molecular formula is C22H30N6O2. The zero-order valence-electron chi connectivity index (χ0n) is 18.0. The van der Waals surface area contributed by atoms with Gasteiger partial charge in [0.15, 0.2) is 0 Å². The second-order valence-electron chi connectivity index (χ2n) is 8.31. The molecule has 2 atom stereocenters. The summed E-state index contributed by atoms with van der Waals surface area (Å²) < 4.78 is 1.70. The standard InChI is InChI=1S/C22H30N6O2/c1-15-10-11-17(26-25-16(2)20(23)22(3,4)30)14-27(15)21(29)18-8-5-6-9-19(18)28-13-7-12-24-28/h5-9,12-13,15,17,23,26,30H,10-11,14H2,1-4H3/b23-20?,25-16-/t15-,17-/m1/s1. The number of benzene rings is 1. The van der Waals surface area contributed by atoms with Crippen LogP contribution in [0.25, 0.3) is 5.69 Å². The summed E-state index contributed by atoms with van der Waals surface area (Å²) in [6, 6.07) is 9.40. The van der Waals surface area contributed by atoms with Gasteiger partial charge in [-0.2, -0.15) is 10.2 Å². The number of aromatic nitrogens is 2. The molecule has 0 bridgehead atoms. The molecule has 0 unspecified atom stereocenters. The van der Waals surface area contributed by atoms with Crippen LogP contribution in [0.2, 0.25) is 0 Å². The van der Waals surface area contributed by atoms with Gasteiger partial charge in [-0.1, -0.05) is 12.1 Å². The minimum Gasteiger partial charge on any atom is -0.384 e. The molecule has 1 aromatic carbocycles. The maximum absolute atomic E-state index is 13.4. The molecule has 3 N–H and O–H groups in total. The average molecular weight is 411 g/mol. The van der Waals surface area contributed by atoms with Gasteiger partial charge < -0.3 is 20.8 Å². The van der Waals surface area contributed by atoms with E-state index >= 15 is 0 Å². The van der Waals surface area contributed by atoms with Gasteiger partial charge in [0.05, 0.1) is 28.7 Å². The third kappa shape index (κ3) is 4.76. The number of piperidine rings is 1. The minimum absolute atomic E-state index is 0.0217. The number of carbonyl (C=O) groups excluding carboxylic acids is 1. The first kappa shape index (κ1) is 21.7. The summed E-state index contributed by atoms with van der Waals surface area (Å²) in [6.07, 6.45) is 5.24. The Balaban J connectivity index is 1.75. The SMILES string of the molecule is C/C(=N/N[C@@H]1CC[C@@H](C)N(C(=O)c2ccccc2-n2cccn2)C1)C(=N)C(C)(C)O. The number of carbonyl (C=O) groups is 1. The summed E-state index contributed by atoms with van der Waals surface area (Å²) in [5, 5.41) is 26.6. The molecule has 1 aliphatic heterocycles. The van der Waals surface area contributed by atoms with Gasteiger partial charge in [0, 0.05) is 25.0 Å². The molecule has 160 valence electrons. The fourth-order valence-electron chi connectivity index (χ4n) is 3.60. The second-order valence-corrected chi connectivity index (χ2v) is 8.31. The lowest BCUT2D eigenvalue weighted by Gasteiger charge is -2.38. The molecule has 1 aromatic heterocycles. The molecule has 8 heteroatoms. The molecule has 1 fully saturated rings. The zero-order valence-corrected chi connectivity index (χ0v) is 18.0. The van der Waals surface area contributed by atoms with Gasteiger partial charge in [-0.25, -0.2) is 4.68 Å². The number of rotatable bonds is 6. The lowest BCUT2D eigenvalue weighted by atomic mass is 9.98. The fourth-order valence-corrected chi connectivity index (χ4v) is 3.60. The van der Waals surface area contributed by atoms with Crippen molar-refractivity contribution in [3.05, 3.63) is 48.3 Å². The first-order chi connectivity index (χ1) is 14.2. The smallest absolute Gasteiger partial charge is 0.256 e.